The Hall–Kier alpha value is -1.77. The van der Waals surface area contributed by atoms with E-state index >= 15 is 0 Å². The average Bonchev–Trinajstić information content (AvgIpc) is 2.56. The van der Waals surface area contributed by atoms with Gasteiger partial charge in [0, 0.05) is 5.69 Å². The van der Waals surface area contributed by atoms with E-state index < -0.39 is 20.0 Å². The van der Waals surface area contributed by atoms with Crippen molar-refractivity contribution < 1.29 is 16.8 Å². The summed E-state index contributed by atoms with van der Waals surface area (Å²) in [6.07, 6.45) is 0. The van der Waals surface area contributed by atoms with Gasteiger partial charge in [-0.25, -0.2) is 0 Å². The number of hydrogen-bond donors (Lipinski definition) is 1. The molecule has 3 rings (SSSR count). The van der Waals surface area contributed by atoms with Gasteiger partial charge in [-0.2, -0.15) is 20.5 Å². The molecule has 112 valence electrons. The summed E-state index contributed by atoms with van der Waals surface area (Å²) in [6.45, 7) is 0. The summed E-state index contributed by atoms with van der Waals surface area (Å²) in [5, 5.41) is 0. The van der Waals surface area contributed by atoms with E-state index in [1.54, 1.807) is 0 Å². The number of rotatable bonds is 1. The Morgan fingerprint density at radius 3 is 1.62 bits per heavy atom. The van der Waals surface area contributed by atoms with Crippen molar-refractivity contribution in [2.45, 2.75) is 9.79 Å². The van der Waals surface area contributed by atoms with Gasteiger partial charge in [0.05, 0.1) is 5.69 Å². The number of nitrogens with two attached hydrogens (primary N) is 1. The van der Waals surface area contributed by atoms with E-state index in [2.05, 4.69) is 0 Å². The minimum atomic E-state index is -4.12. The molecule has 0 aromatic heterocycles. The second-order valence-electron chi connectivity index (χ2n) is 4.25. The molecule has 0 saturated carbocycles. The predicted octanol–water partition coefficient (Wildman–Crippen LogP) is 1.59. The minimum absolute atomic E-state index is 0. The summed E-state index contributed by atoms with van der Waals surface area (Å²) < 4.78 is 50.0. The lowest BCUT2D eigenvalue weighted by Crippen LogP contribution is -2.29. The molecule has 0 fully saturated rings. The first-order valence-electron chi connectivity index (χ1n) is 5.60. The molecule has 2 aromatic carbocycles. The van der Waals surface area contributed by atoms with E-state index in [1.807, 2.05) is 0 Å². The normalized spacial score (nSPS) is 17.8. The topological polar surface area (TPSA) is 97.5 Å². The molecule has 6 nitrogen and oxygen atoms in total. The highest BCUT2D eigenvalue weighted by Gasteiger charge is 2.46. The summed E-state index contributed by atoms with van der Waals surface area (Å²) in [5.41, 5.74) is 5.98. The third-order valence-electron chi connectivity index (χ3n) is 2.95. The van der Waals surface area contributed by atoms with E-state index in [0.717, 1.165) is 0 Å². The first-order valence-corrected chi connectivity index (χ1v) is 8.48. The van der Waals surface area contributed by atoms with E-state index in [0.29, 0.717) is 9.40 Å². The highest BCUT2D eigenvalue weighted by atomic mass is 35.5. The van der Waals surface area contributed by atoms with Crippen molar-refractivity contribution in [1.82, 2.24) is 0 Å². The zero-order valence-corrected chi connectivity index (χ0v) is 13.0. The van der Waals surface area contributed by atoms with Crippen molar-refractivity contribution >= 4 is 43.8 Å². The van der Waals surface area contributed by atoms with Gasteiger partial charge in [0.15, 0.2) is 0 Å². The zero-order valence-electron chi connectivity index (χ0n) is 10.5. The van der Waals surface area contributed by atoms with Crippen LogP contribution in [0.2, 0.25) is 0 Å². The van der Waals surface area contributed by atoms with Gasteiger partial charge in [0.1, 0.15) is 9.79 Å². The molecule has 9 heteroatoms. The Balaban J connectivity index is 0.00000161. The van der Waals surface area contributed by atoms with Crippen molar-refractivity contribution in [3.05, 3.63) is 48.5 Å². The third-order valence-corrected chi connectivity index (χ3v) is 7.37. The number of nitrogen functional groups attached to an aromatic ring is 1. The van der Waals surface area contributed by atoms with Crippen LogP contribution in [-0.4, -0.2) is 16.8 Å². The van der Waals surface area contributed by atoms with Crippen LogP contribution in [0.4, 0.5) is 11.4 Å². The van der Waals surface area contributed by atoms with Crippen molar-refractivity contribution in [1.29, 1.82) is 0 Å². The smallest absolute Gasteiger partial charge is 0.279 e. The van der Waals surface area contributed by atoms with Gasteiger partial charge in [-0.05, 0) is 36.4 Å². The van der Waals surface area contributed by atoms with Crippen LogP contribution in [0.3, 0.4) is 0 Å². The molecule has 0 spiro atoms. The Kier molecular flexibility index (Phi) is 3.64. The van der Waals surface area contributed by atoms with E-state index in [1.165, 1.54) is 48.5 Å². The molecule has 0 saturated heterocycles. The van der Waals surface area contributed by atoms with Crippen molar-refractivity contribution in [2.24, 2.45) is 0 Å². The van der Waals surface area contributed by atoms with Crippen molar-refractivity contribution in [3.63, 3.8) is 0 Å². The van der Waals surface area contributed by atoms with Crippen LogP contribution < -0.4 is 9.44 Å². The summed E-state index contributed by atoms with van der Waals surface area (Å²) in [7, 11) is -8.23. The molecule has 0 bridgehead atoms. The first kappa shape index (κ1) is 15.6. The van der Waals surface area contributed by atoms with Crippen LogP contribution in [0.25, 0.3) is 0 Å². The highest BCUT2D eigenvalue weighted by molar-refractivity contribution is 8.12. The second-order valence-corrected chi connectivity index (χ2v) is 7.99. The highest BCUT2D eigenvalue weighted by Crippen LogP contribution is 2.39. The Labute approximate surface area is 128 Å². The number of halogens is 1. The molecular weight excluding hydrogens is 336 g/mol. The summed E-state index contributed by atoms with van der Waals surface area (Å²) in [4.78, 5) is -0.423. The lowest BCUT2D eigenvalue weighted by atomic mass is 10.3. The van der Waals surface area contributed by atoms with Crippen LogP contribution in [-0.2, 0) is 20.0 Å². The molecular formula is C12H11ClN2O4S2. The second kappa shape index (κ2) is 4.90. The number of benzene rings is 2. The van der Waals surface area contributed by atoms with Crippen LogP contribution >= 0.6 is 12.4 Å². The van der Waals surface area contributed by atoms with Crippen molar-refractivity contribution in [2.75, 3.05) is 9.44 Å². The maximum atomic E-state index is 12.4. The Morgan fingerprint density at radius 1 is 0.762 bits per heavy atom. The molecule has 2 N–H and O–H groups in total. The van der Waals surface area contributed by atoms with Crippen LogP contribution in [0.15, 0.2) is 58.3 Å². The lowest BCUT2D eigenvalue weighted by Gasteiger charge is -2.15. The monoisotopic (exact) mass is 346 g/mol. The molecule has 0 radical (unpaired) electrons. The molecule has 21 heavy (non-hydrogen) atoms. The number of nitrogens with zero attached hydrogens (tertiary/aromatic N) is 1. The third kappa shape index (κ3) is 2.15. The van der Waals surface area contributed by atoms with Crippen LogP contribution in [0, 0.1) is 0 Å². The van der Waals surface area contributed by atoms with Gasteiger partial charge >= 0.3 is 0 Å². The van der Waals surface area contributed by atoms with Crippen LogP contribution in [0.5, 0.6) is 0 Å². The summed E-state index contributed by atoms with van der Waals surface area (Å²) >= 11 is 0. The fourth-order valence-corrected chi connectivity index (χ4v) is 6.51. The number of fused-ring (bicyclic) bond motifs is 1. The maximum Gasteiger partial charge on any atom is 0.279 e. The summed E-state index contributed by atoms with van der Waals surface area (Å²) in [5.74, 6) is 0. The largest absolute Gasteiger partial charge is 0.399 e. The molecule has 0 amide bonds. The lowest BCUT2D eigenvalue weighted by molar-refractivity contribution is 0.593. The number of hydrogen-bond acceptors (Lipinski definition) is 5. The Morgan fingerprint density at radius 2 is 1.19 bits per heavy atom. The molecule has 1 heterocycles. The van der Waals surface area contributed by atoms with Gasteiger partial charge < -0.3 is 5.73 Å². The SMILES string of the molecule is Cl.Nc1ccc(N2S(=O)(=O)c3ccccc3S2(=O)=O)cc1. The van der Waals surface area contributed by atoms with Crippen molar-refractivity contribution in [3.8, 4) is 0 Å². The average molecular weight is 347 g/mol. The predicted molar refractivity (Wildman–Crippen MR) is 81.4 cm³/mol. The standard InChI is InChI=1S/C12H10N2O4S2.ClH/c13-9-5-7-10(8-6-9)14-19(15,16)11-3-1-2-4-12(11)20(14,17)18;/h1-8H,13H2;1H. The van der Waals surface area contributed by atoms with Gasteiger partial charge in [-0.15, -0.1) is 12.4 Å². The van der Waals surface area contributed by atoms with E-state index in [-0.39, 0.29) is 27.9 Å². The zero-order chi connectivity index (χ0) is 14.5. The minimum Gasteiger partial charge on any atom is -0.399 e. The molecule has 0 atom stereocenters. The molecule has 1 aliphatic heterocycles. The quantitative estimate of drug-likeness (QED) is 0.791. The molecule has 0 unspecified atom stereocenters. The maximum absolute atomic E-state index is 12.4. The first-order chi connectivity index (χ1) is 9.35. The number of sulfonamides is 2. The fraction of sp³-hybridized carbons (Fsp3) is 0. The molecule has 0 aliphatic carbocycles. The number of anilines is 2. The fourth-order valence-electron chi connectivity index (χ4n) is 2.06. The van der Waals surface area contributed by atoms with E-state index in [9.17, 15) is 16.8 Å². The molecule has 2 aromatic rings. The van der Waals surface area contributed by atoms with Crippen LogP contribution in [0.1, 0.15) is 0 Å². The van der Waals surface area contributed by atoms with Gasteiger partial charge in [-0.1, -0.05) is 12.1 Å². The van der Waals surface area contributed by atoms with Gasteiger partial charge in [-0.3, -0.25) is 0 Å². The Bertz CT molecular complexity index is 840. The molecule has 1 aliphatic rings. The van der Waals surface area contributed by atoms with E-state index in [4.69, 9.17) is 5.73 Å². The van der Waals surface area contributed by atoms with Gasteiger partial charge in [0.2, 0.25) is 0 Å². The van der Waals surface area contributed by atoms with Gasteiger partial charge in [0.25, 0.3) is 20.0 Å². The summed E-state index contributed by atoms with van der Waals surface area (Å²) in [6, 6.07) is 11.1.